The highest BCUT2D eigenvalue weighted by molar-refractivity contribution is 5.77. The Bertz CT molecular complexity index is 1140. The Balaban J connectivity index is 1.60. The van der Waals surface area contributed by atoms with Gasteiger partial charge >= 0.3 is 0 Å². The van der Waals surface area contributed by atoms with E-state index in [0.29, 0.717) is 30.2 Å². The quantitative estimate of drug-likeness (QED) is 0.607. The molecule has 0 aliphatic carbocycles. The van der Waals surface area contributed by atoms with Crippen LogP contribution in [0.4, 0.5) is 14.5 Å². The first-order valence-electron chi connectivity index (χ1n) is 10.2. The van der Waals surface area contributed by atoms with Gasteiger partial charge in [-0.2, -0.15) is 4.39 Å². The summed E-state index contributed by atoms with van der Waals surface area (Å²) in [6.45, 7) is 2.13. The van der Waals surface area contributed by atoms with E-state index in [1.807, 2.05) is 30.0 Å². The lowest BCUT2D eigenvalue weighted by Crippen LogP contribution is -2.35. The van der Waals surface area contributed by atoms with E-state index in [2.05, 4.69) is 15.0 Å². The molecule has 0 N–H and O–H groups in total. The first kappa shape index (κ1) is 21.6. The minimum Gasteiger partial charge on any atom is -0.480 e. The summed E-state index contributed by atoms with van der Waals surface area (Å²) in [4.78, 5) is 28.5. The summed E-state index contributed by atoms with van der Waals surface area (Å²) in [7, 11) is 3.13. The fourth-order valence-corrected chi connectivity index (χ4v) is 3.62. The Morgan fingerprint density at radius 3 is 2.78 bits per heavy atom. The van der Waals surface area contributed by atoms with Gasteiger partial charge in [0.25, 0.3) is 5.91 Å². The third-order valence-corrected chi connectivity index (χ3v) is 5.46. The Morgan fingerprint density at radius 2 is 2.06 bits per heavy atom. The zero-order valence-electron chi connectivity index (χ0n) is 18.0. The average Bonchev–Trinajstić information content (AvgIpc) is 2.80. The molecule has 1 amide bonds. The summed E-state index contributed by atoms with van der Waals surface area (Å²) in [6, 6.07) is 7.96. The number of fused-ring (bicyclic) bond motifs is 1. The molecule has 3 aromatic rings. The molecule has 166 valence electrons. The number of pyridine rings is 1. The van der Waals surface area contributed by atoms with Gasteiger partial charge in [0.1, 0.15) is 5.69 Å². The maximum Gasteiger partial charge on any atom is 0.259 e. The van der Waals surface area contributed by atoms with Crippen molar-refractivity contribution in [3.63, 3.8) is 0 Å². The molecule has 32 heavy (non-hydrogen) atoms. The smallest absolute Gasteiger partial charge is 0.259 e. The number of amides is 1. The summed E-state index contributed by atoms with van der Waals surface area (Å²) in [6.07, 6.45) is 4.06. The van der Waals surface area contributed by atoms with E-state index < -0.39 is 11.6 Å². The maximum atomic E-state index is 14.3. The second kappa shape index (κ2) is 8.86. The number of benzene rings is 1. The van der Waals surface area contributed by atoms with Crippen LogP contribution in [0.25, 0.3) is 11.5 Å². The van der Waals surface area contributed by atoms with Crippen LogP contribution in [0.3, 0.4) is 0 Å². The molecule has 1 atom stereocenters. The molecule has 0 spiro atoms. The second-order valence-corrected chi connectivity index (χ2v) is 7.75. The van der Waals surface area contributed by atoms with Gasteiger partial charge < -0.3 is 14.5 Å². The minimum absolute atomic E-state index is 0.169. The van der Waals surface area contributed by atoms with Gasteiger partial charge in [0.2, 0.25) is 5.82 Å². The van der Waals surface area contributed by atoms with Gasteiger partial charge in [-0.1, -0.05) is 6.07 Å². The Labute approximate surface area is 184 Å². The SMILES string of the molecule is CC1c2cnc(-c3ccccn3)nc2CCN1c1cc(F)c(F)c(OCC(=O)N(C)C)c1. The number of aromatic nitrogens is 3. The Hall–Kier alpha value is -3.62. The van der Waals surface area contributed by atoms with Gasteiger partial charge in [0.15, 0.2) is 24.0 Å². The van der Waals surface area contributed by atoms with Crippen LogP contribution in [0.5, 0.6) is 5.75 Å². The molecule has 4 rings (SSSR count). The van der Waals surface area contributed by atoms with Crippen molar-refractivity contribution in [3.8, 4) is 17.3 Å². The van der Waals surface area contributed by atoms with Crippen LogP contribution in [0.1, 0.15) is 24.2 Å². The third-order valence-electron chi connectivity index (χ3n) is 5.46. The van der Waals surface area contributed by atoms with Crippen molar-refractivity contribution in [1.29, 1.82) is 0 Å². The Kier molecular flexibility index (Phi) is 5.98. The third kappa shape index (κ3) is 4.23. The molecule has 0 bridgehead atoms. The normalized spacial score (nSPS) is 15.3. The number of nitrogens with zero attached hydrogens (tertiary/aromatic N) is 5. The number of ether oxygens (including phenoxy) is 1. The fourth-order valence-electron chi connectivity index (χ4n) is 3.62. The molecule has 1 aromatic carbocycles. The molecular formula is C23H23F2N5O2. The van der Waals surface area contributed by atoms with E-state index in [9.17, 15) is 13.6 Å². The van der Waals surface area contributed by atoms with E-state index >= 15 is 0 Å². The number of likely N-dealkylation sites (N-methyl/N-ethyl adjacent to an activating group) is 1. The van der Waals surface area contributed by atoms with Crippen LogP contribution >= 0.6 is 0 Å². The molecule has 2 aromatic heterocycles. The lowest BCUT2D eigenvalue weighted by molar-refractivity contribution is -0.130. The number of anilines is 1. The standard InChI is InChI=1S/C23H23F2N5O2/c1-14-16-12-27-23(19-6-4-5-8-26-19)28-18(16)7-9-30(14)15-10-17(24)22(25)20(11-15)32-13-21(31)29(2)3/h4-6,8,10-12,14H,7,9,13H2,1-3H3. The van der Waals surface area contributed by atoms with Crippen LogP contribution < -0.4 is 9.64 Å². The molecule has 3 heterocycles. The van der Waals surface area contributed by atoms with Crippen LogP contribution in [-0.4, -0.2) is 53.0 Å². The molecule has 9 heteroatoms. The zero-order chi connectivity index (χ0) is 22.8. The summed E-state index contributed by atoms with van der Waals surface area (Å²) in [5.41, 5.74) is 2.97. The molecule has 0 saturated carbocycles. The molecule has 0 saturated heterocycles. The number of carbonyl (C=O) groups excluding carboxylic acids is 1. The summed E-state index contributed by atoms with van der Waals surface area (Å²) in [5.74, 6) is -2.24. The fraction of sp³-hybridized carbons (Fsp3) is 0.304. The van der Waals surface area contributed by atoms with Crippen molar-refractivity contribution in [1.82, 2.24) is 19.9 Å². The molecule has 1 aliphatic heterocycles. The van der Waals surface area contributed by atoms with Crippen molar-refractivity contribution >= 4 is 11.6 Å². The van der Waals surface area contributed by atoms with Crippen LogP contribution in [-0.2, 0) is 11.2 Å². The molecule has 1 aliphatic rings. The van der Waals surface area contributed by atoms with Crippen LogP contribution in [0, 0.1) is 11.6 Å². The number of rotatable bonds is 5. The van der Waals surface area contributed by atoms with Gasteiger partial charge in [0, 0.05) is 62.8 Å². The predicted octanol–water partition coefficient (Wildman–Crippen LogP) is 3.41. The van der Waals surface area contributed by atoms with Gasteiger partial charge in [0.05, 0.1) is 11.7 Å². The summed E-state index contributed by atoms with van der Waals surface area (Å²) in [5, 5.41) is 0. The molecule has 0 radical (unpaired) electrons. The second-order valence-electron chi connectivity index (χ2n) is 7.75. The molecular weight excluding hydrogens is 416 g/mol. The van der Waals surface area contributed by atoms with Gasteiger partial charge in [-0.25, -0.2) is 14.4 Å². The van der Waals surface area contributed by atoms with Crippen molar-refractivity contribution in [2.45, 2.75) is 19.4 Å². The number of hydrogen-bond donors (Lipinski definition) is 0. The lowest BCUT2D eigenvalue weighted by atomic mass is 9.98. The van der Waals surface area contributed by atoms with E-state index in [0.717, 1.165) is 17.3 Å². The van der Waals surface area contributed by atoms with Crippen molar-refractivity contribution in [3.05, 3.63) is 65.6 Å². The van der Waals surface area contributed by atoms with Crippen molar-refractivity contribution in [2.75, 3.05) is 32.1 Å². The van der Waals surface area contributed by atoms with Crippen molar-refractivity contribution in [2.24, 2.45) is 0 Å². The lowest BCUT2D eigenvalue weighted by Gasteiger charge is -2.36. The molecule has 0 fully saturated rings. The highest BCUT2D eigenvalue weighted by Gasteiger charge is 2.28. The first-order valence-corrected chi connectivity index (χ1v) is 10.2. The van der Waals surface area contributed by atoms with E-state index in [-0.39, 0.29) is 24.3 Å². The van der Waals surface area contributed by atoms with Gasteiger partial charge in [-0.05, 0) is 19.1 Å². The van der Waals surface area contributed by atoms with Gasteiger partial charge in [-0.15, -0.1) is 0 Å². The van der Waals surface area contributed by atoms with Crippen LogP contribution in [0.15, 0.2) is 42.7 Å². The number of halogens is 2. The van der Waals surface area contributed by atoms with Crippen molar-refractivity contribution < 1.29 is 18.3 Å². The molecule has 1 unspecified atom stereocenters. The first-order chi connectivity index (χ1) is 15.3. The highest BCUT2D eigenvalue weighted by atomic mass is 19.2. The van der Waals surface area contributed by atoms with E-state index in [1.165, 1.54) is 11.0 Å². The largest absolute Gasteiger partial charge is 0.480 e. The molecule has 7 nitrogen and oxygen atoms in total. The maximum absolute atomic E-state index is 14.3. The average molecular weight is 439 g/mol. The minimum atomic E-state index is -1.12. The summed E-state index contributed by atoms with van der Waals surface area (Å²) >= 11 is 0. The summed E-state index contributed by atoms with van der Waals surface area (Å²) < 4.78 is 33.9. The monoisotopic (exact) mass is 439 g/mol. The Morgan fingerprint density at radius 1 is 1.25 bits per heavy atom. The van der Waals surface area contributed by atoms with E-state index in [1.54, 1.807) is 26.5 Å². The highest BCUT2D eigenvalue weighted by Crippen LogP contribution is 2.36. The van der Waals surface area contributed by atoms with E-state index in [4.69, 9.17) is 4.74 Å². The predicted molar refractivity (Wildman–Crippen MR) is 115 cm³/mol. The topological polar surface area (TPSA) is 71.5 Å². The van der Waals surface area contributed by atoms with Crippen LogP contribution in [0.2, 0.25) is 0 Å². The van der Waals surface area contributed by atoms with Gasteiger partial charge in [-0.3, -0.25) is 9.78 Å². The number of hydrogen-bond acceptors (Lipinski definition) is 6. The number of carbonyl (C=O) groups is 1. The zero-order valence-corrected chi connectivity index (χ0v) is 18.0.